The van der Waals surface area contributed by atoms with Crippen LogP contribution in [-0.2, 0) is 6.42 Å². The molecule has 0 atom stereocenters. The van der Waals surface area contributed by atoms with Gasteiger partial charge in [-0.3, -0.25) is 0 Å². The molecule has 0 aromatic carbocycles. The maximum Gasteiger partial charge on any atom is 0.354 e. The van der Waals surface area contributed by atoms with Crippen molar-refractivity contribution in [1.82, 2.24) is 24.7 Å². The lowest BCUT2D eigenvalue weighted by Gasteiger charge is -2.08. The summed E-state index contributed by atoms with van der Waals surface area (Å²) >= 11 is 0. The predicted octanol–water partition coefficient (Wildman–Crippen LogP) is 2.17. The van der Waals surface area contributed by atoms with Gasteiger partial charge in [0.1, 0.15) is 24.2 Å². The number of ether oxygens (including phenoxy) is 2. The number of unbranched alkanes of at least 4 members (excludes halogenated alkanes) is 1. The number of nitrogens with zero attached hydrogens (tertiary/aromatic N) is 5. The minimum absolute atomic E-state index is 0.0147. The summed E-state index contributed by atoms with van der Waals surface area (Å²) in [6, 6.07) is 6.79. The number of pyridine rings is 2. The second-order valence-corrected chi connectivity index (χ2v) is 5.69. The Morgan fingerprint density at radius 1 is 1.22 bits per heavy atom. The standard InChI is InChI=1S/C18H19N5O4/c1-26-15-8-13(22-16(9-15)18(24)25)4-2-3-7-27-14-5-6-17(20-10-14)23-12-19-11-21-23/h5-6,8-12H,2-4,7H2,1H3,(H,24,25). The van der Waals surface area contributed by atoms with E-state index in [2.05, 4.69) is 20.1 Å². The number of aryl methyl sites for hydroxylation is 1. The molecule has 0 saturated heterocycles. The van der Waals surface area contributed by atoms with E-state index >= 15 is 0 Å². The lowest BCUT2D eigenvalue weighted by Crippen LogP contribution is -2.05. The molecule has 0 aliphatic rings. The molecule has 27 heavy (non-hydrogen) atoms. The molecule has 9 nitrogen and oxygen atoms in total. The summed E-state index contributed by atoms with van der Waals surface area (Å²) < 4.78 is 12.4. The fraction of sp³-hybridized carbons (Fsp3) is 0.278. The third-order valence-corrected chi connectivity index (χ3v) is 3.78. The number of rotatable bonds is 9. The molecule has 3 heterocycles. The van der Waals surface area contributed by atoms with Crippen molar-refractivity contribution in [3.8, 4) is 17.3 Å². The fourth-order valence-electron chi connectivity index (χ4n) is 2.43. The monoisotopic (exact) mass is 369 g/mol. The van der Waals surface area contributed by atoms with Gasteiger partial charge in [0.15, 0.2) is 11.5 Å². The lowest BCUT2D eigenvalue weighted by molar-refractivity contribution is 0.0689. The Balaban J connectivity index is 1.45. The normalized spacial score (nSPS) is 10.6. The Labute approximate surface area is 155 Å². The molecule has 0 spiro atoms. The van der Waals surface area contributed by atoms with Crippen LogP contribution in [0.3, 0.4) is 0 Å². The zero-order valence-electron chi connectivity index (χ0n) is 14.8. The summed E-state index contributed by atoms with van der Waals surface area (Å²) in [7, 11) is 1.50. The second-order valence-electron chi connectivity index (χ2n) is 5.69. The molecule has 3 aromatic rings. The molecule has 3 aromatic heterocycles. The largest absolute Gasteiger partial charge is 0.497 e. The number of aromatic nitrogens is 5. The summed E-state index contributed by atoms with van der Waals surface area (Å²) in [6.45, 7) is 0.528. The van der Waals surface area contributed by atoms with E-state index in [-0.39, 0.29) is 5.69 Å². The summed E-state index contributed by atoms with van der Waals surface area (Å²) in [5.41, 5.74) is 0.671. The van der Waals surface area contributed by atoms with Gasteiger partial charge in [-0.15, -0.1) is 0 Å². The Morgan fingerprint density at radius 2 is 2.11 bits per heavy atom. The SMILES string of the molecule is COc1cc(CCCCOc2ccc(-n3cncn3)nc2)nc(C(=O)O)c1. The topological polar surface area (TPSA) is 112 Å². The van der Waals surface area contributed by atoms with Crippen LogP contribution in [0, 0.1) is 0 Å². The Morgan fingerprint density at radius 3 is 2.78 bits per heavy atom. The molecule has 0 unspecified atom stereocenters. The van der Waals surface area contributed by atoms with E-state index in [9.17, 15) is 4.79 Å². The van der Waals surface area contributed by atoms with Crippen LogP contribution < -0.4 is 9.47 Å². The number of carboxylic acid groups (broad SMARTS) is 1. The number of hydrogen-bond acceptors (Lipinski definition) is 7. The highest BCUT2D eigenvalue weighted by atomic mass is 16.5. The highest BCUT2D eigenvalue weighted by molar-refractivity contribution is 5.85. The van der Waals surface area contributed by atoms with Crippen molar-refractivity contribution in [3.63, 3.8) is 0 Å². The van der Waals surface area contributed by atoms with Crippen molar-refractivity contribution >= 4 is 5.97 Å². The minimum Gasteiger partial charge on any atom is -0.497 e. The molecule has 140 valence electrons. The van der Waals surface area contributed by atoms with Crippen LogP contribution in [0.2, 0.25) is 0 Å². The van der Waals surface area contributed by atoms with E-state index in [1.807, 2.05) is 6.07 Å². The van der Waals surface area contributed by atoms with Gasteiger partial charge in [-0.2, -0.15) is 5.10 Å². The van der Waals surface area contributed by atoms with Crippen molar-refractivity contribution in [2.45, 2.75) is 19.3 Å². The smallest absolute Gasteiger partial charge is 0.354 e. The average Bonchev–Trinajstić information content (AvgIpc) is 3.22. The highest BCUT2D eigenvalue weighted by Gasteiger charge is 2.09. The van der Waals surface area contributed by atoms with Gasteiger partial charge in [0.2, 0.25) is 0 Å². The maximum absolute atomic E-state index is 11.1. The van der Waals surface area contributed by atoms with Gasteiger partial charge >= 0.3 is 5.97 Å². The van der Waals surface area contributed by atoms with E-state index in [4.69, 9.17) is 14.6 Å². The molecule has 3 rings (SSSR count). The van der Waals surface area contributed by atoms with Gasteiger partial charge in [-0.25, -0.2) is 24.4 Å². The third kappa shape index (κ3) is 5.00. The number of methoxy groups -OCH3 is 1. The molecule has 1 N–H and O–H groups in total. The Kier molecular flexibility index (Phi) is 5.93. The zero-order valence-corrected chi connectivity index (χ0v) is 14.8. The Bertz CT molecular complexity index is 881. The van der Waals surface area contributed by atoms with Gasteiger partial charge in [0, 0.05) is 17.8 Å². The number of hydrogen-bond donors (Lipinski definition) is 1. The number of carbonyl (C=O) groups is 1. The Hall–Kier alpha value is -3.49. The van der Waals surface area contributed by atoms with E-state index in [0.29, 0.717) is 36.0 Å². The summed E-state index contributed by atoms with van der Waals surface area (Å²) in [5.74, 6) is 0.761. The van der Waals surface area contributed by atoms with E-state index in [1.165, 1.54) is 19.5 Å². The van der Waals surface area contributed by atoms with E-state index in [1.54, 1.807) is 29.3 Å². The van der Waals surface area contributed by atoms with Crippen molar-refractivity contribution < 1.29 is 19.4 Å². The van der Waals surface area contributed by atoms with Crippen LogP contribution in [0.1, 0.15) is 29.0 Å². The molecule has 9 heteroatoms. The van der Waals surface area contributed by atoms with Crippen LogP contribution in [0.25, 0.3) is 5.82 Å². The highest BCUT2D eigenvalue weighted by Crippen LogP contribution is 2.16. The molecule has 0 aliphatic carbocycles. The lowest BCUT2D eigenvalue weighted by atomic mass is 10.1. The van der Waals surface area contributed by atoms with Crippen LogP contribution in [0.15, 0.2) is 43.1 Å². The van der Waals surface area contributed by atoms with Gasteiger partial charge in [0.05, 0.1) is 19.9 Å². The third-order valence-electron chi connectivity index (χ3n) is 3.78. The maximum atomic E-state index is 11.1. The average molecular weight is 369 g/mol. The quantitative estimate of drug-likeness (QED) is 0.571. The van der Waals surface area contributed by atoms with Crippen molar-refractivity contribution in [1.29, 1.82) is 0 Å². The van der Waals surface area contributed by atoms with Gasteiger partial charge in [-0.05, 0) is 31.4 Å². The molecular weight excluding hydrogens is 350 g/mol. The first kappa shape index (κ1) is 18.3. The van der Waals surface area contributed by atoms with Gasteiger partial charge in [-0.1, -0.05) is 0 Å². The first-order chi connectivity index (χ1) is 13.2. The molecule has 0 saturated carbocycles. The molecule has 0 radical (unpaired) electrons. The van der Waals surface area contributed by atoms with Crippen LogP contribution >= 0.6 is 0 Å². The summed E-state index contributed by atoms with van der Waals surface area (Å²) in [4.78, 5) is 23.4. The van der Waals surface area contributed by atoms with Crippen molar-refractivity contribution in [3.05, 3.63) is 54.5 Å². The molecule has 0 aliphatic heterocycles. The van der Waals surface area contributed by atoms with Gasteiger partial charge < -0.3 is 14.6 Å². The first-order valence-corrected chi connectivity index (χ1v) is 8.38. The molecular formula is C18H19N5O4. The van der Waals surface area contributed by atoms with Crippen LogP contribution in [-0.4, -0.2) is 49.5 Å². The predicted molar refractivity (Wildman–Crippen MR) is 95.3 cm³/mol. The number of carboxylic acids is 1. The van der Waals surface area contributed by atoms with E-state index < -0.39 is 5.97 Å². The van der Waals surface area contributed by atoms with Crippen LogP contribution in [0.4, 0.5) is 0 Å². The van der Waals surface area contributed by atoms with Crippen molar-refractivity contribution in [2.24, 2.45) is 0 Å². The first-order valence-electron chi connectivity index (χ1n) is 8.38. The molecule has 0 fully saturated rings. The summed E-state index contributed by atoms with van der Waals surface area (Å²) in [5, 5.41) is 13.1. The summed E-state index contributed by atoms with van der Waals surface area (Å²) in [6.07, 6.45) is 6.91. The van der Waals surface area contributed by atoms with Gasteiger partial charge in [0.25, 0.3) is 0 Å². The van der Waals surface area contributed by atoms with Crippen molar-refractivity contribution in [2.75, 3.05) is 13.7 Å². The van der Waals surface area contributed by atoms with E-state index in [0.717, 1.165) is 12.8 Å². The fourth-order valence-corrected chi connectivity index (χ4v) is 2.43. The molecule has 0 amide bonds. The van der Waals surface area contributed by atoms with Crippen LogP contribution in [0.5, 0.6) is 11.5 Å². The number of aromatic carboxylic acids is 1. The zero-order chi connectivity index (χ0) is 19.1. The molecule has 0 bridgehead atoms. The second kappa shape index (κ2) is 8.75. The minimum atomic E-state index is -1.07.